The first-order valence-electron chi connectivity index (χ1n) is 10.4. The number of aryl methyl sites for hydroxylation is 1. The first-order valence-corrected chi connectivity index (χ1v) is 11.6. The summed E-state index contributed by atoms with van der Waals surface area (Å²) in [7, 11) is 1.60. The molecule has 8 nitrogen and oxygen atoms in total. The summed E-state index contributed by atoms with van der Waals surface area (Å²) in [5.41, 5.74) is 0.743. The van der Waals surface area contributed by atoms with E-state index in [4.69, 9.17) is 35.5 Å². The van der Waals surface area contributed by atoms with Crippen LogP contribution in [0, 0.1) is 0 Å². The van der Waals surface area contributed by atoms with Gasteiger partial charge in [-0.3, -0.25) is 4.57 Å². The summed E-state index contributed by atoms with van der Waals surface area (Å²) in [4.78, 5) is 17.2. The van der Waals surface area contributed by atoms with E-state index in [0.29, 0.717) is 28.0 Å². The Morgan fingerprint density at radius 3 is 2.64 bits per heavy atom. The van der Waals surface area contributed by atoms with Crippen molar-refractivity contribution in [3.05, 3.63) is 52.8 Å². The maximum Gasteiger partial charge on any atom is 0.512 e. The zero-order valence-corrected chi connectivity index (χ0v) is 19.7. The largest absolute Gasteiger partial charge is 0.512 e. The number of hydrogen-bond acceptors (Lipinski definition) is 7. The van der Waals surface area contributed by atoms with E-state index in [1.807, 2.05) is 24.3 Å². The van der Waals surface area contributed by atoms with E-state index in [1.54, 1.807) is 23.8 Å². The molecular formula is C23H23ClN2O6S. The van der Waals surface area contributed by atoms with Gasteiger partial charge in [0.25, 0.3) is 0 Å². The van der Waals surface area contributed by atoms with Gasteiger partial charge in [0.15, 0.2) is 16.5 Å². The summed E-state index contributed by atoms with van der Waals surface area (Å²) in [6, 6.07) is 10.9. The second-order valence-electron chi connectivity index (χ2n) is 7.27. The smallest absolute Gasteiger partial charge is 0.497 e. The Labute approximate surface area is 200 Å². The molecule has 0 saturated heterocycles. The van der Waals surface area contributed by atoms with E-state index >= 15 is 0 Å². The molecule has 0 saturated carbocycles. The predicted octanol–water partition coefficient (Wildman–Crippen LogP) is 5.87. The van der Waals surface area contributed by atoms with Crippen LogP contribution in [-0.2, 0) is 13.0 Å². The van der Waals surface area contributed by atoms with Crippen molar-refractivity contribution in [3.63, 3.8) is 0 Å². The number of rotatable bonds is 9. The molecule has 174 valence electrons. The molecule has 10 heteroatoms. The van der Waals surface area contributed by atoms with Crippen molar-refractivity contribution in [1.29, 1.82) is 0 Å². The van der Waals surface area contributed by atoms with Gasteiger partial charge in [-0.25, -0.2) is 9.78 Å². The van der Waals surface area contributed by atoms with Gasteiger partial charge >= 0.3 is 6.16 Å². The van der Waals surface area contributed by atoms with E-state index in [1.165, 1.54) is 11.8 Å². The number of halogens is 1. The molecule has 2 heterocycles. The van der Waals surface area contributed by atoms with Crippen molar-refractivity contribution in [1.82, 2.24) is 9.55 Å². The molecule has 0 bridgehead atoms. The van der Waals surface area contributed by atoms with E-state index in [0.717, 1.165) is 34.9 Å². The number of carbonyl (C=O) groups is 1. The fourth-order valence-electron chi connectivity index (χ4n) is 3.40. The molecule has 0 amide bonds. The van der Waals surface area contributed by atoms with Crippen LogP contribution >= 0.6 is 23.4 Å². The Hall–Kier alpha value is -3.04. The highest BCUT2D eigenvalue weighted by atomic mass is 35.5. The SMILES string of the molecule is CCCCc1nc(Sc2ccc(OC)cc2)c(OC(=O)O)n1Cc1cc2c(cc1Cl)OCO2. The van der Waals surface area contributed by atoms with E-state index in [-0.39, 0.29) is 19.2 Å². The molecule has 0 aliphatic carbocycles. The lowest BCUT2D eigenvalue weighted by atomic mass is 10.2. The molecule has 0 radical (unpaired) electrons. The van der Waals surface area contributed by atoms with Crippen molar-refractivity contribution in [2.45, 2.75) is 42.7 Å². The quantitative estimate of drug-likeness (QED) is 0.372. The molecule has 1 aliphatic rings. The number of nitrogens with zero attached hydrogens (tertiary/aromatic N) is 2. The molecule has 4 rings (SSSR count). The number of fused-ring (bicyclic) bond motifs is 1. The molecule has 0 fully saturated rings. The van der Waals surface area contributed by atoms with Crippen molar-refractivity contribution < 1.29 is 28.8 Å². The molecule has 2 aromatic carbocycles. The van der Waals surface area contributed by atoms with Gasteiger partial charge in [0.05, 0.1) is 13.7 Å². The van der Waals surface area contributed by atoms with Crippen molar-refractivity contribution in [3.8, 4) is 23.1 Å². The average molecular weight is 491 g/mol. The highest BCUT2D eigenvalue weighted by Crippen LogP contribution is 2.40. The van der Waals surface area contributed by atoms with E-state index in [9.17, 15) is 9.90 Å². The number of methoxy groups -OCH3 is 1. The molecule has 1 N–H and O–H groups in total. The maximum absolute atomic E-state index is 11.6. The van der Waals surface area contributed by atoms with Gasteiger partial charge < -0.3 is 24.1 Å². The number of unbranched alkanes of at least 4 members (excludes halogenated alkanes) is 1. The van der Waals surface area contributed by atoms with Crippen molar-refractivity contribution >= 4 is 29.5 Å². The van der Waals surface area contributed by atoms with Crippen LogP contribution in [0.4, 0.5) is 4.79 Å². The highest BCUT2D eigenvalue weighted by molar-refractivity contribution is 7.99. The standard InChI is InChI=1S/C23H23ClN2O6S/c1-3-4-5-20-25-21(33-16-8-6-15(29-2)7-9-16)22(32-23(27)28)26(20)12-14-10-18-19(11-17(14)24)31-13-30-18/h6-11H,3-5,12-13H2,1-2H3,(H,27,28). The fourth-order valence-corrected chi connectivity index (χ4v) is 4.50. The second-order valence-corrected chi connectivity index (χ2v) is 8.74. The number of imidazole rings is 1. The highest BCUT2D eigenvalue weighted by Gasteiger charge is 2.24. The van der Waals surface area contributed by atoms with Crippen LogP contribution in [0.2, 0.25) is 5.02 Å². The third-order valence-corrected chi connectivity index (χ3v) is 6.37. The van der Waals surface area contributed by atoms with Crippen LogP contribution in [0.25, 0.3) is 0 Å². The molecule has 1 aliphatic heterocycles. The summed E-state index contributed by atoms with van der Waals surface area (Å²) < 4.78 is 23.1. The van der Waals surface area contributed by atoms with Gasteiger partial charge in [-0.05, 0) is 42.3 Å². The average Bonchev–Trinajstić information content (AvgIpc) is 3.37. The van der Waals surface area contributed by atoms with Crippen LogP contribution in [0.3, 0.4) is 0 Å². The Bertz CT molecular complexity index is 1150. The molecule has 0 spiro atoms. The lowest BCUT2D eigenvalue weighted by Gasteiger charge is -2.13. The normalized spacial score (nSPS) is 12.1. The molecule has 1 aromatic heterocycles. The van der Waals surface area contributed by atoms with Crippen LogP contribution in [0.1, 0.15) is 31.2 Å². The van der Waals surface area contributed by atoms with Crippen LogP contribution in [-0.4, -0.2) is 34.7 Å². The minimum Gasteiger partial charge on any atom is -0.497 e. The summed E-state index contributed by atoms with van der Waals surface area (Å²) in [6.07, 6.45) is 1.11. The Kier molecular flexibility index (Phi) is 7.20. The van der Waals surface area contributed by atoms with Crippen LogP contribution in [0.15, 0.2) is 46.3 Å². The Morgan fingerprint density at radius 2 is 1.97 bits per heavy atom. The first-order chi connectivity index (χ1) is 16.0. The van der Waals surface area contributed by atoms with E-state index in [2.05, 4.69) is 6.92 Å². The van der Waals surface area contributed by atoms with E-state index < -0.39 is 6.16 Å². The number of carboxylic acid groups (broad SMARTS) is 1. The third kappa shape index (κ3) is 5.31. The molecule has 3 aromatic rings. The van der Waals surface area contributed by atoms with Gasteiger partial charge in [0.1, 0.15) is 11.6 Å². The summed E-state index contributed by atoms with van der Waals surface area (Å²) in [5.74, 6) is 2.78. The van der Waals surface area contributed by atoms with Crippen LogP contribution < -0.4 is 18.9 Å². The zero-order chi connectivity index (χ0) is 23.4. The number of aromatic nitrogens is 2. The molecule has 33 heavy (non-hydrogen) atoms. The summed E-state index contributed by atoms with van der Waals surface area (Å²) in [6.45, 7) is 2.49. The number of hydrogen-bond donors (Lipinski definition) is 1. The Balaban J connectivity index is 1.73. The van der Waals surface area contributed by atoms with Gasteiger partial charge in [-0.1, -0.05) is 36.7 Å². The first kappa shape index (κ1) is 23.1. The fraction of sp³-hybridized carbons (Fsp3) is 0.304. The minimum absolute atomic E-state index is 0.137. The predicted molar refractivity (Wildman–Crippen MR) is 123 cm³/mol. The monoisotopic (exact) mass is 490 g/mol. The maximum atomic E-state index is 11.6. The van der Waals surface area contributed by atoms with Gasteiger partial charge in [-0.15, -0.1) is 0 Å². The summed E-state index contributed by atoms with van der Waals surface area (Å²) in [5, 5.41) is 10.4. The number of ether oxygens (including phenoxy) is 4. The van der Waals surface area contributed by atoms with Gasteiger partial charge in [-0.2, -0.15) is 0 Å². The minimum atomic E-state index is -1.41. The lowest BCUT2D eigenvalue weighted by molar-refractivity contribution is 0.139. The lowest BCUT2D eigenvalue weighted by Crippen LogP contribution is -2.12. The molecule has 0 atom stereocenters. The van der Waals surface area contributed by atoms with Crippen LogP contribution in [0.5, 0.6) is 23.1 Å². The molecular weight excluding hydrogens is 468 g/mol. The number of benzene rings is 2. The van der Waals surface area contributed by atoms with Gasteiger partial charge in [0, 0.05) is 22.4 Å². The summed E-state index contributed by atoms with van der Waals surface area (Å²) >= 11 is 7.82. The second kappa shape index (κ2) is 10.3. The molecule has 0 unspecified atom stereocenters. The van der Waals surface area contributed by atoms with Gasteiger partial charge in [0.2, 0.25) is 12.7 Å². The van der Waals surface area contributed by atoms with Crippen molar-refractivity contribution in [2.24, 2.45) is 0 Å². The third-order valence-electron chi connectivity index (χ3n) is 5.05. The topological polar surface area (TPSA) is 92.0 Å². The Morgan fingerprint density at radius 1 is 1.24 bits per heavy atom. The zero-order valence-electron chi connectivity index (χ0n) is 18.2. The van der Waals surface area contributed by atoms with Crippen molar-refractivity contribution in [2.75, 3.05) is 13.9 Å².